The Morgan fingerprint density at radius 2 is 1.94 bits per heavy atom. The molecule has 0 aromatic carbocycles. The van der Waals surface area contributed by atoms with Gasteiger partial charge >= 0.3 is 0 Å². The van der Waals surface area contributed by atoms with Crippen LogP contribution in [-0.2, 0) is 9.53 Å². The van der Waals surface area contributed by atoms with Crippen LogP contribution >= 0.6 is 15.9 Å². The summed E-state index contributed by atoms with van der Waals surface area (Å²) in [5.74, 6) is 1.69. The van der Waals surface area contributed by atoms with Crippen molar-refractivity contribution in [2.45, 2.75) is 38.5 Å². The third kappa shape index (κ3) is 3.95. The first kappa shape index (κ1) is 14.3. The molecule has 18 heavy (non-hydrogen) atoms. The fourth-order valence-electron chi connectivity index (χ4n) is 3.08. The van der Waals surface area contributed by atoms with Crippen molar-refractivity contribution in [1.29, 1.82) is 0 Å². The highest BCUT2D eigenvalue weighted by Crippen LogP contribution is 2.30. The lowest BCUT2D eigenvalue weighted by molar-refractivity contribution is -0.129. The van der Waals surface area contributed by atoms with Gasteiger partial charge in [0.15, 0.2) is 0 Å². The van der Waals surface area contributed by atoms with Crippen molar-refractivity contribution in [3.63, 3.8) is 0 Å². The second-order valence-electron chi connectivity index (χ2n) is 5.62. The number of ether oxygens (including phenoxy) is 1. The molecular formula is C14H24BrNO2. The second-order valence-corrected chi connectivity index (χ2v) is 6.27. The predicted molar refractivity (Wildman–Crippen MR) is 75.8 cm³/mol. The maximum atomic E-state index is 12.0. The van der Waals surface area contributed by atoms with E-state index in [1.165, 1.54) is 25.7 Å². The van der Waals surface area contributed by atoms with Gasteiger partial charge in [0.25, 0.3) is 0 Å². The van der Waals surface area contributed by atoms with E-state index in [-0.39, 0.29) is 11.8 Å². The summed E-state index contributed by atoms with van der Waals surface area (Å²) in [6, 6.07) is 0. The minimum Gasteiger partial charge on any atom is -0.381 e. The van der Waals surface area contributed by atoms with Gasteiger partial charge in [-0.1, -0.05) is 28.8 Å². The van der Waals surface area contributed by atoms with Gasteiger partial charge in [-0.25, -0.2) is 0 Å². The normalized spacial score (nSPS) is 33.1. The molecular weight excluding hydrogens is 294 g/mol. The molecule has 1 N–H and O–H groups in total. The number of rotatable bonds is 4. The zero-order valence-corrected chi connectivity index (χ0v) is 12.6. The summed E-state index contributed by atoms with van der Waals surface area (Å²) in [7, 11) is 0. The van der Waals surface area contributed by atoms with Gasteiger partial charge in [0.1, 0.15) is 0 Å². The summed E-state index contributed by atoms with van der Waals surface area (Å²) in [4.78, 5) is 12.0. The van der Waals surface area contributed by atoms with E-state index in [1.807, 2.05) is 0 Å². The lowest BCUT2D eigenvalue weighted by atomic mass is 9.80. The highest BCUT2D eigenvalue weighted by atomic mass is 79.9. The number of hydrogen-bond donors (Lipinski definition) is 1. The van der Waals surface area contributed by atoms with Gasteiger partial charge < -0.3 is 10.1 Å². The molecule has 1 amide bonds. The van der Waals surface area contributed by atoms with Crippen LogP contribution in [0.1, 0.15) is 38.5 Å². The van der Waals surface area contributed by atoms with Gasteiger partial charge in [0.05, 0.1) is 12.5 Å². The number of hydrogen-bond acceptors (Lipinski definition) is 2. The van der Waals surface area contributed by atoms with Gasteiger partial charge in [-0.15, -0.1) is 0 Å². The number of nitrogens with one attached hydrogen (secondary N) is 1. The summed E-state index contributed by atoms with van der Waals surface area (Å²) in [6.07, 6.45) is 7.23. The topological polar surface area (TPSA) is 38.3 Å². The smallest absolute Gasteiger partial charge is 0.225 e. The molecule has 1 aliphatic heterocycles. The summed E-state index contributed by atoms with van der Waals surface area (Å²) in [5.41, 5.74) is 0. The maximum Gasteiger partial charge on any atom is 0.225 e. The summed E-state index contributed by atoms with van der Waals surface area (Å²) >= 11 is 3.60. The molecule has 1 aliphatic carbocycles. The molecule has 1 saturated carbocycles. The standard InChI is InChI=1S/C14H24BrNO2/c15-8-11-4-1-2-5-12(11)9-16-14(17)13-6-3-7-18-10-13/h11-13H,1-10H2,(H,16,17). The van der Waals surface area contributed by atoms with Crippen LogP contribution < -0.4 is 5.32 Å². The highest BCUT2D eigenvalue weighted by molar-refractivity contribution is 9.09. The van der Waals surface area contributed by atoms with Crippen LogP contribution in [0.4, 0.5) is 0 Å². The molecule has 104 valence electrons. The average molecular weight is 318 g/mol. The molecule has 2 rings (SSSR count). The van der Waals surface area contributed by atoms with Crippen LogP contribution in [0, 0.1) is 17.8 Å². The van der Waals surface area contributed by atoms with E-state index in [0.29, 0.717) is 12.5 Å². The van der Waals surface area contributed by atoms with Crippen molar-refractivity contribution in [2.24, 2.45) is 17.8 Å². The lowest BCUT2D eigenvalue weighted by Gasteiger charge is -2.31. The van der Waals surface area contributed by atoms with E-state index in [4.69, 9.17) is 4.74 Å². The minimum atomic E-state index is 0.0877. The Hall–Kier alpha value is -0.0900. The first-order valence-corrected chi connectivity index (χ1v) is 8.35. The third-order valence-corrected chi connectivity index (χ3v) is 5.17. The quantitative estimate of drug-likeness (QED) is 0.810. The third-order valence-electron chi connectivity index (χ3n) is 4.33. The van der Waals surface area contributed by atoms with E-state index < -0.39 is 0 Å². The SMILES string of the molecule is O=C(NCC1CCCCC1CBr)C1CCCOC1. The van der Waals surface area contributed by atoms with E-state index in [2.05, 4.69) is 21.2 Å². The van der Waals surface area contributed by atoms with E-state index in [0.717, 1.165) is 37.2 Å². The number of halogens is 1. The molecule has 2 fully saturated rings. The fraction of sp³-hybridized carbons (Fsp3) is 0.929. The molecule has 1 heterocycles. The molecule has 4 heteroatoms. The Balaban J connectivity index is 1.73. The maximum absolute atomic E-state index is 12.0. The van der Waals surface area contributed by atoms with Crippen LogP contribution in [0.2, 0.25) is 0 Å². The van der Waals surface area contributed by atoms with Crippen molar-refractivity contribution in [1.82, 2.24) is 5.32 Å². The van der Waals surface area contributed by atoms with Crippen LogP contribution in [0.3, 0.4) is 0 Å². The van der Waals surface area contributed by atoms with Gasteiger partial charge in [0.2, 0.25) is 5.91 Å². The predicted octanol–water partition coefficient (Wildman–Crippen LogP) is 2.73. The number of amides is 1. The first-order valence-electron chi connectivity index (χ1n) is 7.22. The van der Waals surface area contributed by atoms with Crippen LogP contribution in [0.15, 0.2) is 0 Å². The van der Waals surface area contributed by atoms with Gasteiger partial charge in [-0.2, -0.15) is 0 Å². The molecule has 2 aliphatic rings. The van der Waals surface area contributed by atoms with Crippen molar-refractivity contribution in [2.75, 3.05) is 25.1 Å². The van der Waals surface area contributed by atoms with Crippen molar-refractivity contribution in [3.05, 3.63) is 0 Å². The van der Waals surface area contributed by atoms with Crippen LogP contribution in [0.25, 0.3) is 0 Å². The number of carbonyl (C=O) groups is 1. The molecule has 0 spiro atoms. The Kier molecular flexibility index (Phi) is 5.96. The molecule has 0 bridgehead atoms. The summed E-state index contributed by atoms with van der Waals surface area (Å²) in [6.45, 7) is 2.28. The second kappa shape index (κ2) is 7.49. The van der Waals surface area contributed by atoms with Gasteiger partial charge in [-0.3, -0.25) is 4.79 Å². The van der Waals surface area contributed by atoms with Crippen LogP contribution in [-0.4, -0.2) is 31.0 Å². The number of carbonyl (C=O) groups excluding carboxylic acids is 1. The molecule has 0 aromatic rings. The highest BCUT2D eigenvalue weighted by Gasteiger charge is 2.26. The van der Waals surface area contributed by atoms with Crippen LogP contribution in [0.5, 0.6) is 0 Å². The largest absolute Gasteiger partial charge is 0.381 e. The molecule has 3 unspecified atom stereocenters. The van der Waals surface area contributed by atoms with E-state index >= 15 is 0 Å². The van der Waals surface area contributed by atoms with E-state index in [1.54, 1.807) is 0 Å². The van der Waals surface area contributed by atoms with Crippen molar-refractivity contribution in [3.8, 4) is 0 Å². The Morgan fingerprint density at radius 1 is 1.17 bits per heavy atom. The molecule has 0 aromatic heterocycles. The zero-order valence-electron chi connectivity index (χ0n) is 11.0. The zero-order chi connectivity index (χ0) is 12.8. The van der Waals surface area contributed by atoms with Gasteiger partial charge in [-0.05, 0) is 37.5 Å². The van der Waals surface area contributed by atoms with Gasteiger partial charge in [0, 0.05) is 18.5 Å². The van der Waals surface area contributed by atoms with E-state index in [9.17, 15) is 4.79 Å². The Morgan fingerprint density at radius 3 is 2.61 bits per heavy atom. The molecule has 0 radical (unpaired) electrons. The van der Waals surface area contributed by atoms with Crippen molar-refractivity contribution >= 4 is 21.8 Å². The Bertz CT molecular complexity index is 267. The van der Waals surface area contributed by atoms with Crippen molar-refractivity contribution < 1.29 is 9.53 Å². The molecule has 3 nitrogen and oxygen atoms in total. The Labute approximate surface area is 118 Å². The fourth-order valence-corrected chi connectivity index (χ4v) is 3.93. The average Bonchev–Trinajstić information content (AvgIpc) is 2.46. The molecule has 1 saturated heterocycles. The lowest BCUT2D eigenvalue weighted by Crippen LogP contribution is -2.40. The summed E-state index contributed by atoms with van der Waals surface area (Å²) in [5, 5.41) is 4.22. The number of alkyl halides is 1. The summed E-state index contributed by atoms with van der Waals surface area (Å²) < 4.78 is 5.37. The first-order chi connectivity index (χ1) is 8.81. The molecule has 3 atom stereocenters. The minimum absolute atomic E-state index is 0.0877. The monoisotopic (exact) mass is 317 g/mol.